The molecule has 2 nitrogen and oxygen atoms in total. The van der Waals surface area contributed by atoms with Crippen molar-refractivity contribution >= 4 is 0 Å². The minimum Gasteiger partial charge on any atom is -0.489 e. The Kier molecular flexibility index (Phi) is 2.73. The van der Waals surface area contributed by atoms with Crippen LogP contribution in [-0.2, 0) is 6.42 Å². The quantitative estimate of drug-likeness (QED) is 0.708. The summed E-state index contributed by atoms with van der Waals surface area (Å²) in [5.41, 5.74) is 1.35. The molecule has 0 N–H and O–H groups in total. The third-order valence-electron chi connectivity index (χ3n) is 2.57. The first-order valence-corrected chi connectivity index (χ1v) is 5.15. The predicted molar refractivity (Wildman–Crippen MR) is 57.7 cm³/mol. The highest BCUT2D eigenvalue weighted by atomic mass is 16.5. The Morgan fingerprint density at radius 1 is 1.36 bits per heavy atom. The maximum absolute atomic E-state index is 5.90. The third-order valence-corrected chi connectivity index (χ3v) is 2.57. The molecule has 1 aromatic rings. The van der Waals surface area contributed by atoms with Crippen molar-refractivity contribution in [2.75, 3.05) is 20.6 Å². The fourth-order valence-electron chi connectivity index (χ4n) is 1.92. The van der Waals surface area contributed by atoms with E-state index < -0.39 is 0 Å². The van der Waals surface area contributed by atoms with E-state index in [4.69, 9.17) is 4.74 Å². The number of ether oxygens (including phenoxy) is 1. The van der Waals surface area contributed by atoms with Gasteiger partial charge < -0.3 is 9.64 Å². The minimum absolute atomic E-state index is 0.361. The number of hydrogen-bond acceptors (Lipinski definition) is 2. The van der Waals surface area contributed by atoms with E-state index in [0.29, 0.717) is 6.10 Å². The van der Waals surface area contributed by atoms with Crippen LogP contribution in [-0.4, -0.2) is 31.6 Å². The van der Waals surface area contributed by atoms with Crippen LogP contribution in [0.5, 0.6) is 5.75 Å². The van der Waals surface area contributed by atoms with Gasteiger partial charge in [0.05, 0.1) is 0 Å². The third kappa shape index (κ3) is 2.07. The second kappa shape index (κ2) is 4.01. The largest absolute Gasteiger partial charge is 0.489 e. The van der Waals surface area contributed by atoms with Crippen LogP contribution >= 0.6 is 0 Å². The Labute approximate surface area is 85.5 Å². The van der Waals surface area contributed by atoms with Crippen LogP contribution in [0.25, 0.3) is 0 Å². The molecule has 0 aliphatic carbocycles. The van der Waals surface area contributed by atoms with Gasteiger partial charge in [-0.25, -0.2) is 0 Å². The number of aryl methyl sites for hydroxylation is 1. The molecule has 1 aromatic carbocycles. The van der Waals surface area contributed by atoms with Gasteiger partial charge in [-0.05, 0) is 38.6 Å². The molecule has 1 unspecified atom stereocenters. The lowest BCUT2D eigenvalue weighted by Crippen LogP contribution is -2.33. The Hall–Kier alpha value is -1.02. The molecule has 0 radical (unpaired) electrons. The van der Waals surface area contributed by atoms with Crippen molar-refractivity contribution in [3.8, 4) is 5.75 Å². The second-order valence-electron chi connectivity index (χ2n) is 4.15. The van der Waals surface area contributed by atoms with Crippen LogP contribution in [0.1, 0.15) is 12.0 Å². The molecule has 1 aliphatic rings. The monoisotopic (exact) mass is 191 g/mol. The van der Waals surface area contributed by atoms with E-state index in [1.165, 1.54) is 5.56 Å². The normalized spacial score (nSPS) is 20.4. The van der Waals surface area contributed by atoms with Crippen molar-refractivity contribution in [3.05, 3.63) is 29.8 Å². The van der Waals surface area contributed by atoms with Gasteiger partial charge in [-0.3, -0.25) is 0 Å². The van der Waals surface area contributed by atoms with E-state index in [9.17, 15) is 0 Å². The summed E-state index contributed by atoms with van der Waals surface area (Å²) in [5, 5.41) is 0. The minimum atomic E-state index is 0.361. The number of likely N-dealkylation sites (N-methyl/N-ethyl adjacent to an activating group) is 1. The molecule has 0 spiro atoms. The number of para-hydroxylation sites is 1. The number of rotatable bonds is 2. The number of hydrogen-bond donors (Lipinski definition) is 0. The highest BCUT2D eigenvalue weighted by Gasteiger charge is 2.19. The summed E-state index contributed by atoms with van der Waals surface area (Å²) in [6, 6.07) is 8.34. The first-order valence-electron chi connectivity index (χ1n) is 5.15. The maximum atomic E-state index is 5.90. The van der Waals surface area contributed by atoms with Crippen LogP contribution in [0.3, 0.4) is 0 Å². The van der Waals surface area contributed by atoms with Crippen LogP contribution in [0.4, 0.5) is 0 Å². The molecule has 2 rings (SSSR count). The molecule has 2 heteroatoms. The number of benzene rings is 1. The first kappa shape index (κ1) is 9.53. The van der Waals surface area contributed by atoms with Crippen molar-refractivity contribution in [2.45, 2.75) is 18.9 Å². The summed E-state index contributed by atoms with van der Waals surface area (Å²) in [4.78, 5) is 2.18. The zero-order valence-corrected chi connectivity index (χ0v) is 8.86. The summed E-state index contributed by atoms with van der Waals surface area (Å²) in [5.74, 6) is 1.07. The molecule has 0 fully saturated rings. The van der Waals surface area contributed by atoms with E-state index in [1.807, 2.05) is 6.07 Å². The molecule has 0 saturated heterocycles. The van der Waals surface area contributed by atoms with E-state index >= 15 is 0 Å². The SMILES string of the molecule is CN(C)CC1CCc2ccccc2O1. The van der Waals surface area contributed by atoms with Gasteiger partial charge >= 0.3 is 0 Å². The van der Waals surface area contributed by atoms with E-state index in [0.717, 1.165) is 25.1 Å². The molecular formula is C12H17NO. The molecule has 0 amide bonds. The molecule has 76 valence electrons. The van der Waals surface area contributed by atoms with Gasteiger partial charge in [0.2, 0.25) is 0 Å². The lowest BCUT2D eigenvalue weighted by atomic mass is 10.0. The number of fused-ring (bicyclic) bond motifs is 1. The highest BCUT2D eigenvalue weighted by Crippen LogP contribution is 2.26. The van der Waals surface area contributed by atoms with E-state index in [2.05, 4.69) is 37.2 Å². The summed E-state index contributed by atoms with van der Waals surface area (Å²) in [6.45, 7) is 1.01. The molecule has 0 bridgehead atoms. The van der Waals surface area contributed by atoms with Gasteiger partial charge in [0, 0.05) is 6.54 Å². The van der Waals surface area contributed by atoms with Crippen LogP contribution in [0.15, 0.2) is 24.3 Å². The van der Waals surface area contributed by atoms with Crippen molar-refractivity contribution in [1.82, 2.24) is 4.90 Å². The Balaban J connectivity index is 2.06. The van der Waals surface area contributed by atoms with Crippen LogP contribution in [0, 0.1) is 0 Å². The van der Waals surface area contributed by atoms with Crippen molar-refractivity contribution < 1.29 is 4.74 Å². The van der Waals surface area contributed by atoms with Gasteiger partial charge in [0.25, 0.3) is 0 Å². The summed E-state index contributed by atoms with van der Waals surface area (Å²) >= 11 is 0. The molecule has 1 heterocycles. The van der Waals surface area contributed by atoms with Gasteiger partial charge in [-0.1, -0.05) is 18.2 Å². The predicted octanol–water partition coefficient (Wildman–Crippen LogP) is 1.94. The molecule has 14 heavy (non-hydrogen) atoms. The average molecular weight is 191 g/mol. The molecule has 1 aliphatic heterocycles. The topological polar surface area (TPSA) is 12.5 Å². The Morgan fingerprint density at radius 2 is 2.14 bits per heavy atom. The molecular weight excluding hydrogens is 174 g/mol. The second-order valence-corrected chi connectivity index (χ2v) is 4.15. The molecule has 0 aromatic heterocycles. The van der Waals surface area contributed by atoms with E-state index in [1.54, 1.807) is 0 Å². The standard InChI is InChI=1S/C12H17NO/c1-13(2)9-11-8-7-10-5-3-4-6-12(10)14-11/h3-6,11H,7-9H2,1-2H3. The van der Waals surface area contributed by atoms with Gasteiger partial charge in [0.1, 0.15) is 11.9 Å². The fraction of sp³-hybridized carbons (Fsp3) is 0.500. The Bertz CT molecular complexity index is 309. The van der Waals surface area contributed by atoms with Crippen molar-refractivity contribution in [2.24, 2.45) is 0 Å². The highest BCUT2D eigenvalue weighted by molar-refractivity contribution is 5.35. The smallest absolute Gasteiger partial charge is 0.122 e. The zero-order chi connectivity index (χ0) is 9.97. The average Bonchev–Trinajstić information content (AvgIpc) is 2.17. The number of nitrogens with zero attached hydrogens (tertiary/aromatic N) is 1. The maximum Gasteiger partial charge on any atom is 0.122 e. The Morgan fingerprint density at radius 3 is 2.93 bits per heavy atom. The lowest BCUT2D eigenvalue weighted by molar-refractivity contribution is 0.137. The van der Waals surface area contributed by atoms with Crippen LogP contribution in [0.2, 0.25) is 0 Å². The van der Waals surface area contributed by atoms with Gasteiger partial charge in [-0.15, -0.1) is 0 Å². The summed E-state index contributed by atoms with van der Waals surface area (Å²) < 4.78 is 5.90. The van der Waals surface area contributed by atoms with Crippen molar-refractivity contribution in [1.29, 1.82) is 0 Å². The molecule has 1 atom stereocenters. The van der Waals surface area contributed by atoms with Gasteiger partial charge in [-0.2, -0.15) is 0 Å². The first-order chi connectivity index (χ1) is 6.75. The summed E-state index contributed by atoms with van der Waals surface area (Å²) in [7, 11) is 4.17. The van der Waals surface area contributed by atoms with Crippen LogP contribution < -0.4 is 4.74 Å². The van der Waals surface area contributed by atoms with Crippen molar-refractivity contribution in [3.63, 3.8) is 0 Å². The zero-order valence-electron chi connectivity index (χ0n) is 8.86. The fourth-order valence-corrected chi connectivity index (χ4v) is 1.92. The van der Waals surface area contributed by atoms with E-state index in [-0.39, 0.29) is 0 Å². The lowest BCUT2D eigenvalue weighted by Gasteiger charge is -2.28. The summed E-state index contributed by atoms with van der Waals surface area (Å²) in [6.07, 6.45) is 2.64. The molecule has 0 saturated carbocycles. The van der Waals surface area contributed by atoms with Gasteiger partial charge in [0.15, 0.2) is 0 Å².